The van der Waals surface area contributed by atoms with Gasteiger partial charge in [0.1, 0.15) is 17.3 Å². The van der Waals surface area contributed by atoms with Crippen molar-refractivity contribution in [2.24, 2.45) is 5.11 Å². The van der Waals surface area contributed by atoms with E-state index >= 15 is 0 Å². The molecule has 1 heterocycles. The second-order valence-electron chi connectivity index (χ2n) is 4.48. The van der Waals surface area contributed by atoms with Crippen LogP contribution in [0.1, 0.15) is 22.0 Å². The highest BCUT2D eigenvalue weighted by molar-refractivity contribution is 5.91. The number of aromatic carboxylic acids is 1. The highest BCUT2D eigenvalue weighted by Gasteiger charge is 2.19. The van der Waals surface area contributed by atoms with Crippen LogP contribution in [0, 0.1) is 0 Å². The van der Waals surface area contributed by atoms with Gasteiger partial charge in [-0.15, -0.1) is 0 Å². The predicted molar refractivity (Wildman–Crippen MR) is 74.4 cm³/mol. The summed E-state index contributed by atoms with van der Waals surface area (Å²) in [6, 6.07) is 5.30. The molecule has 9 nitrogen and oxygen atoms in total. The molecule has 1 aromatic carbocycles. The molecule has 0 saturated heterocycles. The van der Waals surface area contributed by atoms with Crippen molar-refractivity contribution in [2.75, 3.05) is 6.54 Å². The van der Waals surface area contributed by atoms with Crippen molar-refractivity contribution in [2.45, 2.75) is 12.2 Å². The maximum Gasteiger partial charge on any atom is 0.351 e. The highest BCUT2D eigenvalue weighted by atomic mass is 16.4. The normalized spacial score (nSPS) is 13.4. The first-order valence-electron chi connectivity index (χ1n) is 6.12. The number of hydrogen-bond donors (Lipinski definition) is 3. The molecular formula is C13H11N3O6. The predicted octanol–water partition coefficient (Wildman–Crippen LogP) is 1.20. The molecule has 114 valence electrons. The van der Waals surface area contributed by atoms with E-state index in [-0.39, 0.29) is 23.1 Å². The first-order valence-corrected chi connectivity index (χ1v) is 6.12. The van der Waals surface area contributed by atoms with Crippen molar-refractivity contribution in [3.05, 3.63) is 56.3 Å². The lowest BCUT2D eigenvalue weighted by molar-refractivity contribution is 0.0245. The Morgan fingerprint density at radius 1 is 1.36 bits per heavy atom. The van der Waals surface area contributed by atoms with Gasteiger partial charge in [-0.25, -0.2) is 9.59 Å². The lowest BCUT2D eigenvalue weighted by Crippen LogP contribution is -2.21. The lowest BCUT2D eigenvalue weighted by atomic mass is 10.0. The summed E-state index contributed by atoms with van der Waals surface area (Å²) >= 11 is 0. The molecule has 2 rings (SSSR count). The van der Waals surface area contributed by atoms with Gasteiger partial charge in [-0.2, -0.15) is 0 Å². The van der Waals surface area contributed by atoms with E-state index in [1.807, 2.05) is 0 Å². The molecular weight excluding hydrogens is 294 g/mol. The standard InChI is InChI=1S/C13H11N3O6/c14-16-15-5-9(17)11(18)6-1-2-10-7(3-6)4-8(12(19)20)13(21)22-10/h1-4,9,11,17-18H,5H2,(H,19,20). The summed E-state index contributed by atoms with van der Waals surface area (Å²) in [5.74, 6) is -1.43. The molecule has 0 aliphatic rings. The van der Waals surface area contributed by atoms with Gasteiger partial charge in [0, 0.05) is 10.3 Å². The number of carboxylic acids is 1. The van der Waals surface area contributed by atoms with Gasteiger partial charge in [-0.3, -0.25) is 0 Å². The summed E-state index contributed by atoms with van der Waals surface area (Å²) in [5.41, 5.74) is 7.09. The summed E-state index contributed by atoms with van der Waals surface area (Å²) in [6.45, 7) is -0.319. The molecule has 0 bridgehead atoms. The van der Waals surface area contributed by atoms with E-state index in [2.05, 4.69) is 10.0 Å². The molecule has 2 unspecified atom stereocenters. The van der Waals surface area contributed by atoms with Gasteiger partial charge in [0.2, 0.25) is 0 Å². The first-order chi connectivity index (χ1) is 10.4. The van der Waals surface area contributed by atoms with Crippen LogP contribution in [0.4, 0.5) is 0 Å². The zero-order chi connectivity index (χ0) is 16.3. The first kappa shape index (κ1) is 15.5. The number of fused-ring (bicyclic) bond motifs is 1. The molecule has 1 aromatic heterocycles. The molecule has 0 fully saturated rings. The van der Waals surface area contributed by atoms with Gasteiger partial charge in [-0.1, -0.05) is 11.2 Å². The number of nitrogens with zero attached hydrogens (tertiary/aromatic N) is 3. The average molecular weight is 305 g/mol. The van der Waals surface area contributed by atoms with Crippen LogP contribution >= 0.6 is 0 Å². The van der Waals surface area contributed by atoms with Gasteiger partial charge in [0.15, 0.2) is 0 Å². The molecule has 0 aliphatic carbocycles. The number of rotatable bonds is 5. The van der Waals surface area contributed by atoms with Gasteiger partial charge in [0.05, 0.1) is 12.6 Å². The van der Waals surface area contributed by atoms with Crippen LogP contribution in [0.5, 0.6) is 0 Å². The number of aliphatic hydroxyl groups is 2. The maximum absolute atomic E-state index is 11.4. The van der Waals surface area contributed by atoms with E-state index in [0.717, 1.165) is 6.07 Å². The molecule has 0 radical (unpaired) electrons. The van der Waals surface area contributed by atoms with Crippen molar-refractivity contribution in [1.82, 2.24) is 0 Å². The Labute approximate surface area is 122 Å². The average Bonchev–Trinajstić information content (AvgIpc) is 2.50. The van der Waals surface area contributed by atoms with E-state index < -0.39 is 29.4 Å². The molecule has 3 N–H and O–H groups in total. The van der Waals surface area contributed by atoms with E-state index in [0.29, 0.717) is 0 Å². The maximum atomic E-state index is 11.4. The minimum Gasteiger partial charge on any atom is -0.477 e. The van der Waals surface area contributed by atoms with Crippen LogP contribution in [-0.4, -0.2) is 33.9 Å². The fraction of sp³-hybridized carbons (Fsp3) is 0.231. The molecule has 9 heteroatoms. The van der Waals surface area contributed by atoms with Gasteiger partial charge in [-0.05, 0) is 29.3 Å². The Hall–Kier alpha value is -2.87. The summed E-state index contributed by atoms with van der Waals surface area (Å²) in [5, 5.41) is 32.0. The fourth-order valence-electron chi connectivity index (χ4n) is 1.92. The molecule has 0 spiro atoms. The van der Waals surface area contributed by atoms with Crippen LogP contribution in [0.3, 0.4) is 0 Å². The molecule has 0 aliphatic heterocycles. The second-order valence-corrected chi connectivity index (χ2v) is 4.48. The summed E-state index contributed by atoms with van der Waals surface area (Å²) in [7, 11) is 0. The highest BCUT2D eigenvalue weighted by Crippen LogP contribution is 2.22. The molecule has 0 saturated carbocycles. The smallest absolute Gasteiger partial charge is 0.351 e. The van der Waals surface area contributed by atoms with E-state index in [1.54, 1.807) is 0 Å². The van der Waals surface area contributed by atoms with Gasteiger partial charge < -0.3 is 19.7 Å². The Bertz CT molecular complexity index is 824. The zero-order valence-electron chi connectivity index (χ0n) is 11.1. The summed E-state index contributed by atoms with van der Waals surface area (Å²) < 4.78 is 4.87. The molecule has 22 heavy (non-hydrogen) atoms. The van der Waals surface area contributed by atoms with Crippen LogP contribution in [-0.2, 0) is 0 Å². The fourth-order valence-corrected chi connectivity index (χ4v) is 1.92. The Balaban J connectivity index is 2.45. The monoisotopic (exact) mass is 305 g/mol. The quantitative estimate of drug-likeness (QED) is 0.326. The topological polar surface area (TPSA) is 157 Å². The van der Waals surface area contributed by atoms with Crippen molar-refractivity contribution < 1.29 is 24.5 Å². The largest absolute Gasteiger partial charge is 0.477 e. The van der Waals surface area contributed by atoms with Crippen molar-refractivity contribution in [1.29, 1.82) is 0 Å². The van der Waals surface area contributed by atoms with Crippen LogP contribution < -0.4 is 5.63 Å². The molecule has 2 atom stereocenters. The van der Waals surface area contributed by atoms with E-state index in [1.165, 1.54) is 18.2 Å². The molecule has 2 aromatic rings. The third-order valence-corrected chi connectivity index (χ3v) is 3.02. The van der Waals surface area contributed by atoms with Gasteiger partial charge >= 0.3 is 11.6 Å². The zero-order valence-corrected chi connectivity index (χ0v) is 11.1. The number of carbonyl (C=O) groups is 1. The Morgan fingerprint density at radius 2 is 2.09 bits per heavy atom. The SMILES string of the molecule is [N-]=[N+]=NCC(O)C(O)c1ccc2oc(=O)c(C(=O)O)cc2c1. The number of aliphatic hydroxyl groups excluding tert-OH is 2. The number of azide groups is 1. The molecule has 0 amide bonds. The van der Waals surface area contributed by atoms with E-state index in [4.69, 9.17) is 15.1 Å². The number of carboxylic acid groups (broad SMARTS) is 1. The minimum absolute atomic E-state index is 0.149. The van der Waals surface area contributed by atoms with Crippen LogP contribution in [0.15, 0.2) is 38.6 Å². The summed E-state index contributed by atoms with van der Waals surface area (Å²) in [6.07, 6.45) is -2.65. The Kier molecular flexibility index (Phi) is 4.42. The van der Waals surface area contributed by atoms with E-state index in [9.17, 15) is 19.8 Å². The van der Waals surface area contributed by atoms with Crippen molar-refractivity contribution in [3.8, 4) is 0 Å². The Morgan fingerprint density at radius 3 is 2.73 bits per heavy atom. The lowest BCUT2D eigenvalue weighted by Gasteiger charge is -2.16. The van der Waals surface area contributed by atoms with Gasteiger partial charge in [0.25, 0.3) is 0 Å². The number of benzene rings is 1. The third kappa shape index (κ3) is 3.07. The minimum atomic E-state index is -1.43. The van der Waals surface area contributed by atoms with Crippen LogP contribution in [0.25, 0.3) is 21.4 Å². The van der Waals surface area contributed by atoms with Crippen molar-refractivity contribution in [3.63, 3.8) is 0 Å². The number of hydrogen-bond acceptors (Lipinski definition) is 6. The van der Waals surface area contributed by atoms with Crippen LogP contribution in [0.2, 0.25) is 0 Å². The second kappa shape index (κ2) is 6.27. The van der Waals surface area contributed by atoms with Crippen molar-refractivity contribution >= 4 is 16.9 Å². The third-order valence-electron chi connectivity index (χ3n) is 3.02. The summed E-state index contributed by atoms with van der Waals surface area (Å²) in [4.78, 5) is 24.8.